The topological polar surface area (TPSA) is 79.3 Å². The quantitative estimate of drug-likeness (QED) is 0.714. The van der Waals surface area contributed by atoms with E-state index in [1.54, 1.807) is 16.6 Å². The van der Waals surface area contributed by atoms with Crippen LogP contribution in [-0.2, 0) is 16.1 Å². The molecule has 1 aromatic heterocycles. The van der Waals surface area contributed by atoms with Crippen molar-refractivity contribution in [1.29, 1.82) is 0 Å². The van der Waals surface area contributed by atoms with E-state index in [1.807, 2.05) is 44.3 Å². The van der Waals surface area contributed by atoms with Crippen LogP contribution >= 0.6 is 0 Å². The minimum absolute atomic E-state index is 0.00718. The summed E-state index contributed by atoms with van der Waals surface area (Å²) < 4.78 is 1.68. The van der Waals surface area contributed by atoms with Gasteiger partial charge in [-0.3, -0.25) is 14.3 Å². The second-order valence-corrected chi connectivity index (χ2v) is 8.29. The average Bonchev–Trinajstić information content (AvgIpc) is 3.10. The van der Waals surface area contributed by atoms with Crippen molar-refractivity contribution in [1.82, 2.24) is 25.3 Å². The first-order valence-corrected chi connectivity index (χ1v) is 10.6. The van der Waals surface area contributed by atoms with E-state index < -0.39 is 0 Å². The van der Waals surface area contributed by atoms with Crippen LogP contribution in [0.2, 0.25) is 0 Å². The summed E-state index contributed by atoms with van der Waals surface area (Å²) in [5.41, 5.74) is 0.885. The fourth-order valence-electron chi connectivity index (χ4n) is 4.00. The van der Waals surface area contributed by atoms with Gasteiger partial charge in [0.25, 0.3) is 0 Å². The van der Waals surface area contributed by atoms with Gasteiger partial charge < -0.3 is 15.5 Å². The highest BCUT2D eigenvalue weighted by atomic mass is 16.2. The zero-order chi connectivity index (χ0) is 20.8. The molecule has 3 rings (SSSR count). The van der Waals surface area contributed by atoms with Gasteiger partial charge in [-0.15, -0.1) is 0 Å². The van der Waals surface area contributed by atoms with Gasteiger partial charge in [0.1, 0.15) is 6.54 Å². The number of hydrogen-bond donors (Lipinski definition) is 2. The third-order valence-electron chi connectivity index (χ3n) is 5.61. The predicted molar refractivity (Wildman–Crippen MR) is 114 cm³/mol. The summed E-state index contributed by atoms with van der Waals surface area (Å²) in [4.78, 5) is 26.7. The minimum atomic E-state index is -0.285. The zero-order valence-electron chi connectivity index (χ0n) is 17.7. The smallest absolute Gasteiger partial charge is 0.244 e. The first kappa shape index (κ1) is 21.3. The van der Waals surface area contributed by atoms with E-state index in [9.17, 15) is 9.59 Å². The van der Waals surface area contributed by atoms with Gasteiger partial charge in [-0.25, -0.2) is 0 Å². The number of amides is 2. The Bertz CT molecular complexity index is 794. The van der Waals surface area contributed by atoms with Crippen LogP contribution in [0.4, 0.5) is 0 Å². The summed E-state index contributed by atoms with van der Waals surface area (Å²) in [6, 6.07) is 7.85. The molecule has 0 bridgehead atoms. The lowest BCUT2D eigenvalue weighted by molar-refractivity contribution is -0.131. The van der Waals surface area contributed by atoms with Gasteiger partial charge in [0.15, 0.2) is 0 Å². The van der Waals surface area contributed by atoms with Crippen molar-refractivity contribution >= 4 is 22.7 Å². The predicted octanol–water partition coefficient (Wildman–Crippen LogP) is 2.31. The van der Waals surface area contributed by atoms with Gasteiger partial charge in [-0.05, 0) is 32.8 Å². The van der Waals surface area contributed by atoms with Gasteiger partial charge in [0, 0.05) is 37.3 Å². The molecule has 1 fully saturated rings. The third-order valence-corrected chi connectivity index (χ3v) is 5.61. The summed E-state index contributed by atoms with van der Waals surface area (Å²) in [5.74, 6) is 0.0340. The molecule has 1 saturated carbocycles. The maximum atomic E-state index is 12.6. The van der Waals surface area contributed by atoms with Crippen LogP contribution in [0.15, 0.2) is 30.5 Å². The Morgan fingerprint density at radius 3 is 2.66 bits per heavy atom. The van der Waals surface area contributed by atoms with Gasteiger partial charge in [0.2, 0.25) is 11.8 Å². The number of aromatic nitrogens is 2. The highest BCUT2D eigenvalue weighted by Crippen LogP contribution is 2.17. The van der Waals surface area contributed by atoms with Gasteiger partial charge in [-0.1, -0.05) is 37.5 Å². The molecule has 1 heterocycles. The van der Waals surface area contributed by atoms with Crippen LogP contribution < -0.4 is 10.6 Å². The summed E-state index contributed by atoms with van der Waals surface area (Å²) in [5, 5.41) is 11.9. The van der Waals surface area contributed by atoms with E-state index in [4.69, 9.17) is 0 Å². The summed E-state index contributed by atoms with van der Waals surface area (Å²) in [7, 11) is 1.79. The van der Waals surface area contributed by atoms with Gasteiger partial charge >= 0.3 is 0 Å². The maximum Gasteiger partial charge on any atom is 0.244 e. The molecule has 0 saturated heterocycles. The molecule has 2 amide bonds. The molecule has 2 atom stereocenters. The van der Waals surface area contributed by atoms with Crippen molar-refractivity contribution in [3.8, 4) is 0 Å². The van der Waals surface area contributed by atoms with E-state index >= 15 is 0 Å². The van der Waals surface area contributed by atoms with Crippen LogP contribution in [0.3, 0.4) is 0 Å². The molecule has 0 aliphatic heterocycles. The number of likely N-dealkylation sites (N-methyl/N-ethyl adjacent to an activating group) is 1. The standard InChI is InChI=1S/C22H33N5O2/c1-16(23-17(2)22(29)24-19-10-5-4-6-11-19)13-26(3)21(28)15-27-14-18-9-7-8-12-20(18)25-27/h7-9,12,14,16-17,19,23H,4-6,10-11,13,15H2,1-3H3,(H,24,29). The number of carbonyl (C=O) groups is 2. The molecule has 7 nitrogen and oxygen atoms in total. The zero-order valence-corrected chi connectivity index (χ0v) is 17.7. The maximum absolute atomic E-state index is 12.6. The Balaban J connectivity index is 1.44. The van der Waals surface area contributed by atoms with E-state index in [1.165, 1.54) is 19.3 Å². The fraction of sp³-hybridized carbons (Fsp3) is 0.591. The Kier molecular flexibility index (Phi) is 7.25. The second-order valence-electron chi connectivity index (χ2n) is 8.29. The largest absolute Gasteiger partial charge is 0.352 e. The molecular formula is C22H33N5O2. The van der Waals surface area contributed by atoms with Crippen molar-refractivity contribution < 1.29 is 9.59 Å². The molecule has 1 aliphatic carbocycles. The van der Waals surface area contributed by atoms with Crippen molar-refractivity contribution in [2.75, 3.05) is 13.6 Å². The molecule has 2 unspecified atom stereocenters. The molecule has 0 spiro atoms. The molecule has 2 aromatic rings. The van der Waals surface area contributed by atoms with Gasteiger partial charge in [0.05, 0.1) is 11.6 Å². The monoisotopic (exact) mass is 399 g/mol. The fourth-order valence-corrected chi connectivity index (χ4v) is 4.00. The van der Waals surface area contributed by atoms with E-state index in [2.05, 4.69) is 15.7 Å². The molecule has 29 heavy (non-hydrogen) atoms. The van der Waals surface area contributed by atoms with E-state index in [-0.39, 0.29) is 30.4 Å². The van der Waals surface area contributed by atoms with E-state index in [0.717, 1.165) is 23.7 Å². The van der Waals surface area contributed by atoms with Crippen LogP contribution in [0, 0.1) is 0 Å². The molecule has 2 N–H and O–H groups in total. The van der Waals surface area contributed by atoms with Crippen LogP contribution in [0.5, 0.6) is 0 Å². The number of fused-ring (bicyclic) bond motifs is 1. The Hall–Kier alpha value is -2.41. The summed E-state index contributed by atoms with van der Waals surface area (Å²) >= 11 is 0. The first-order chi connectivity index (χ1) is 13.9. The number of hydrogen-bond acceptors (Lipinski definition) is 4. The third kappa shape index (κ3) is 6.03. The van der Waals surface area contributed by atoms with E-state index in [0.29, 0.717) is 12.6 Å². The van der Waals surface area contributed by atoms with Crippen molar-refractivity contribution in [3.63, 3.8) is 0 Å². The highest BCUT2D eigenvalue weighted by molar-refractivity contribution is 5.82. The molecule has 1 aliphatic rings. The lowest BCUT2D eigenvalue weighted by atomic mass is 9.95. The van der Waals surface area contributed by atoms with Crippen LogP contribution in [-0.4, -0.2) is 58.2 Å². The normalized spacial score (nSPS) is 17.1. The van der Waals surface area contributed by atoms with Crippen LogP contribution in [0.1, 0.15) is 46.0 Å². The van der Waals surface area contributed by atoms with Gasteiger partial charge in [-0.2, -0.15) is 5.10 Å². The molecule has 158 valence electrons. The number of nitrogens with zero attached hydrogens (tertiary/aromatic N) is 3. The van der Waals surface area contributed by atoms with Crippen molar-refractivity contribution in [3.05, 3.63) is 30.5 Å². The SMILES string of the molecule is CC(CN(C)C(=O)Cn1cc2ccccc2n1)NC(C)C(=O)NC1CCCCC1. The Labute approximate surface area is 172 Å². The van der Waals surface area contributed by atoms with Crippen molar-refractivity contribution in [2.45, 2.75) is 70.6 Å². The highest BCUT2D eigenvalue weighted by Gasteiger charge is 2.21. The number of rotatable bonds is 8. The minimum Gasteiger partial charge on any atom is -0.352 e. The van der Waals surface area contributed by atoms with Crippen molar-refractivity contribution in [2.24, 2.45) is 0 Å². The number of benzene rings is 1. The Morgan fingerprint density at radius 1 is 1.21 bits per heavy atom. The van der Waals surface area contributed by atoms with Crippen LogP contribution in [0.25, 0.3) is 10.9 Å². The lowest BCUT2D eigenvalue weighted by Gasteiger charge is -2.27. The second kappa shape index (κ2) is 9.87. The lowest BCUT2D eigenvalue weighted by Crippen LogP contribution is -2.51. The summed E-state index contributed by atoms with van der Waals surface area (Å²) in [6.45, 7) is 4.61. The molecule has 7 heteroatoms. The number of carbonyl (C=O) groups excluding carboxylic acids is 2. The summed E-state index contributed by atoms with van der Waals surface area (Å²) in [6.07, 6.45) is 7.71. The average molecular weight is 400 g/mol. The Morgan fingerprint density at radius 2 is 1.93 bits per heavy atom. The first-order valence-electron chi connectivity index (χ1n) is 10.6. The molecular weight excluding hydrogens is 366 g/mol. The molecule has 1 aromatic carbocycles. The molecule has 0 radical (unpaired) electrons. The number of nitrogens with one attached hydrogen (secondary N) is 2.